The second kappa shape index (κ2) is 10.5. The van der Waals surface area contributed by atoms with Crippen LogP contribution in [0.5, 0.6) is 5.75 Å². The molecule has 1 saturated carbocycles. The van der Waals surface area contributed by atoms with Gasteiger partial charge >= 0.3 is 0 Å². The Labute approximate surface area is 191 Å². The zero-order chi connectivity index (χ0) is 23.0. The van der Waals surface area contributed by atoms with E-state index in [1.54, 1.807) is 60.7 Å². The molecule has 0 bridgehead atoms. The summed E-state index contributed by atoms with van der Waals surface area (Å²) in [5.74, 6) is -0.190. The molecule has 2 aromatic carbocycles. The number of anilines is 2. The first-order valence-electron chi connectivity index (χ1n) is 10.9. The van der Waals surface area contributed by atoms with Crippen LogP contribution in [-0.2, 0) is 4.79 Å². The van der Waals surface area contributed by atoms with E-state index in [1.165, 1.54) is 6.26 Å². The van der Waals surface area contributed by atoms with Crippen LogP contribution in [0.15, 0.2) is 71.3 Å². The zero-order valence-electron chi connectivity index (χ0n) is 18.0. The van der Waals surface area contributed by atoms with Crippen molar-refractivity contribution in [2.75, 3.05) is 17.2 Å². The van der Waals surface area contributed by atoms with Crippen LogP contribution < -0.4 is 20.7 Å². The molecule has 0 saturated heterocycles. The molecule has 0 unspecified atom stereocenters. The van der Waals surface area contributed by atoms with E-state index < -0.39 is 0 Å². The Balaban J connectivity index is 1.25. The van der Waals surface area contributed by atoms with E-state index in [0.717, 1.165) is 25.7 Å². The number of furan rings is 1. The smallest absolute Gasteiger partial charge is 0.291 e. The van der Waals surface area contributed by atoms with Crippen molar-refractivity contribution in [1.29, 1.82) is 0 Å². The van der Waals surface area contributed by atoms with E-state index in [1.807, 2.05) is 0 Å². The van der Waals surface area contributed by atoms with Crippen molar-refractivity contribution in [3.05, 3.63) is 78.3 Å². The molecule has 1 aromatic heterocycles. The number of ether oxygens (including phenoxy) is 1. The molecule has 1 fully saturated rings. The van der Waals surface area contributed by atoms with Gasteiger partial charge in [0.2, 0.25) is 0 Å². The summed E-state index contributed by atoms with van der Waals surface area (Å²) in [5.41, 5.74) is 1.64. The Morgan fingerprint density at radius 1 is 0.879 bits per heavy atom. The third-order valence-electron chi connectivity index (χ3n) is 5.33. The van der Waals surface area contributed by atoms with Crippen molar-refractivity contribution in [2.24, 2.45) is 0 Å². The molecule has 1 heterocycles. The van der Waals surface area contributed by atoms with Crippen LogP contribution in [-0.4, -0.2) is 30.4 Å². The largest absolute Gasteiger partial charge is 0.484 e. The predicted molar refractivity (Wildman–Crippen MR) is 123 cm³/mol. The number of rotatable bonds is 8. The van der Waals surface area contributed by atoms with E-state index in [4.69, 9.17) is 9.15 Å². The number of hydrogen-bond acceptors (Lipinski definition) is 5. The fraction of sp³-hybridized carbons (Fsp3) is 0.240. The number of nitrogens with one attached hydrogen (secondary N) is 3. The minimum atomic E-state index is -0.379. The van der Waals surface area contributed by atoms with Gasteiger partial charge in [-0.1, -0.05) is 18.9 Å². The molecule has 3 amide bonds. The maximum absolute atomic E-state index is 12.3. The maximum atomic E-state index is 12.3. The SMILES string of the molecule is O=C(COc1cccc(NC(=O)c2ccco2)c1)Nc1ccc(C(=O)NC2CCCC2)cc1. The summed E-state index contributed by atoms with van der Waals surface area (Å²) in [5, 5.41) is 8.48. The second-order valence-electron chi connectivity index (χ2n) is 7.83. The van der Waals surface area contributed by atoms with Gasteiger partial charge in [0.25, 0.3) is 17.7 Å². The van der Waals surface area contributed by atoms with Gasteiger partial charge in [0, 0.05) is 29.0 Å². The minimum absolute atomic E-state index is 0.0952. The molecule has 8 heteroatoms. The minimum Gasteiger partial charge on any atom is -0.484 e. The highest BCUT2D eigenvalue weighted by Crippen LogP contribution is 2.20. The molecule has 0 atom stereocenters. The highest BCUT2D eigenvalue weighted by atomic mass is 16.5. The lowest BCUT2D eigenvalue weighted by Crippen LogP contribution is -2.32. The molecule has 0 spiro atoms. The summed E-state index contributed by atoms with van der Waals surface area (Å²) in [6.45, 7) is -0.209. The molecule has 0 radical (unpaired) electrons. The highest BCUT2D eigenvalue weighted by molar-refractivity contribution is 6.02. The van der Waals surface area contributed by atoms with Crippen LogP contribution in [0.1, 0.15) is 46.6 Å². The molecule has 170 valence electrons. The molecule has 1 aliphatic carbocycles. The monoisotopic (exact) mass is 447 g/mol. The topological polar surface area (TPSA) is 110 Å². The molecule has 33 heavy (non-hydrogen) atoms. The van der Waals surface area contributed by atoms with E-state index in [0.29, 0.717) is 22.7 Å². The van der Waals surface area contributed by atoms with Gasteiger partial charge in [0.15, 0.2) is 12.4 Å². The predicted octanol–water partition coefficient (Wildman–Crippen LogP) is 4.22. The lowest BCUT2D eigenvalue weighted by Gasteiger charge is -2.12. The van der Waals surface area contributed by atoms with Gasteiger partial charge in [-0.3, -0.25) is 14.4 Å². The van der Waals surface area contributed by atoms with Gasteiger partial charge in [0.1, 0.15) is 5.75 Å². The van der Waals surface area contributed by atoms with Crippen molar-refractivity contribution in [2.45, 2.75) is 31.7 Å². The van der Waals surface area contributed by atoms with E-state index in [9.17, 15) is 14.4 Å². The lowest BCUT2D eigenvalue weighted by molar-refractivity contribution is -0.118. The molecular weight excluding hydrogens is 422 g/mol. The van der Waals surface area contributed by atoms with E-state index in [2.05, 4.69) is 16.0 Å². The van der Waals surface area contributed by atoms with Crippen molar-refractivity contribution >= 4 is 29.1 Å². The molecule has 0 aliphatic heterocycles. The number of amides is 3. The number of benzene rings is 2. The third-order valence-corrected chi connectivity index (χ3v) is 5.33. The van der Waals surface area contributed by atoms with E-state index >= 15 is 0 Å². The highest BCUT2D eigenvalue weighted by Gasteiger charge is 2.18. The Hall–Kier alpha value is -4.07. The first-order valence-corrected chi connectivity index (χ1v) is 10.9. The molecule has 4 rings (SSSR count). The normalized spacial score (nSPS) is 13.3. The maximum Gasteiger partial charge on any atom is 0.291 e. The van der Waals surface area contributed by atoms with Crippen LogP contribution in [0, 0.1) is 0 Å². The molecule has 3 aromatic rings. The summed E-state index contributed by atoms with van der Waals surface area (Å²) in [6.07, 6.45) is 5.79. The molecule has 3 N–H and O–H groups in total. The van der Waals surface area contributed by atoms with Crippen LogP contribution in [0.25, 0.3) is 0 Å². The van der Waals surface area contributed by atoms with Crippen molar-refractivity contribution < 1.29 is 23.5 Å². The Morgan fingerprint density at radius 2 is 1.67 bits per heavy atom. The Kier molecular flexibility index (Phi) is 7.04. The van der Waals surface area contributed by atoms with Crippen molar-refractivity contribution in [3.63, 3.8) is 0 Å². The van der Waals surface area contributed by atoms with E-state index in [-0.39, 0.29) is 36.1 Å². The van der Waals surface area contributed by atoms with Gasteiger partial charge in [-0.2, -0.15) is 0 Å². The molecule has 8 nitrogen and oxygen atoms in total. The van der Waals surface area contributed by atoms with Gasteiger partial charge in [-0.15, -0.1) is 0 Å². The Bertz CT molecular complexity index is 1100. The summed E-state index contributed by atoms with van der Waals surface area (Å²) in [7, 11) is 0. The number of carbonyl (C=O) groups excluding carboxylic acids is 3. The fourth-order valence-corrected chi connectivity index (χ4v) is 3.65. The molecular formula is C25H25N3O5. The quantitative estimate of drug-likeness (QED) is 0.479. The van der Waals surface area contributed by atoms with Crippen LogP contribution in [0.3, 0.4) is 0 Å². The van der Waals surface area contributed by atoms with Gasteiger partial charge in [-0.25, -0.2) is 0 Å². The number of hydrogen-bond donors (Lipinski definition) is 3. The first-order chi connectivity index (χ1) is 16.1. The summed E-state index contributed by atoms with van der Waals surface area (Å²) >= 11 is 0. The standard InChI is InChI=1S/C25H25N3O5/c29-23(26-19-12-10-17(11-13-19)24(30)27-18-5-1-2-6-18)16-33-21-8-3-7-20(15-21)28-25(31)22-9-4-14-32-22/h3-4,7-15,18H,1-2,5-6,16H2,(H,26,29)(H,27,30)(H,28,31). The average molecular weight is 447 g/mol. The second-order valence-corrected chi connectivity index (χ2v) is 7.83. The van der Waals surface area contributed by atoms with Crippen LogP contribution in [0.4, 0.5) is 11.4 Å². The lowest BCUT2D eigenvalue weighted by atomic mass is 10.1. The number of carbonyl (C=O) groups is 3. The summed E-state index contributed by atoms with van der Waals surface area (Å²) in [4.78, 5) is 36.6. The fourth-order valence-electron chi connectivity index (χ4n) is 3.65. The van der Waals surface area contributed by atoms with Crippen LogP contribution in [0.2, 0.25) is 0 Å². The summed E-state index contributed by atoms with van der Waals surface area (Å²) in [6, 6.07) is 16.9. The van der Waals surface area contributed by atoms with Crippen molar-refractivity contribution in [1.82, 2.24) is 5.32 Å². The van der Waals surface area contributed by atoms with Crippen molar-refractivity contribution in [3.8, 4) is 5.75 Å². The zero-order valence-corrected chi connectivity index (χ0v) is 18.0. The molecule has 1 aliphatic rings. The van der Waals surface area contributed by atoms with Gasteiger partial charge in [-0.05, 0) is 61.4 Å². The third kappa shape index (κ3) is 6.22. The first kappa shape index (κ1) is 22.1. The summed E-state index contributed by atoms with van der Waals surface area (Å²) < 4.78 is 10.6. The van der Waals surface area contributed by atoms with Gasteiger partial charge < -0.3 is 25.1 Å². The van der Waals surface area contributed by atoms with Gasteiger partial charge in [0.05, 0.1) is 6.26 Å². The average Bonchev–Trinajstić information content (AvgIpc) is 3.53. The van der Waals surface area contributed by atoms with Crippen LogP contribution >= 0.6 is 0 Å². The Morgan fingerprint density at radius 3 is 2.39 bits per heavy atom.